The van der Waals surface area contributed by atoms with Crippen molar-refractivity contribution in [3.63, 3.8) is 0 Å². The van der Waals surface area contributed by atoms with Gasteiger partial charge in [0.1, 0.15) is 11.7 Å². The SMILES string of the molecule is CCC(C)C(N)C(=O)OC(C)n1cc(-c2ccnc(F)c2)c2cc(-c3cncc(N(C)C(=O)/C=C/CN(C)C)c3)cnc21. The van der Waals surface area contributed by atoms with Crippen LogP contribution < -0.4 is 10.6 Å². The molecule has 0 aliphatic rings. The van der Waals surface area contributed by atoms with Crippen LogP contribution in [0.3, 0.4) is 0 Å². The summed E-state index contributed by atoms with van der Waals surface area (Å²) in [7, 11) is 5.55. The van der Waals surface area contributed by atoms with Crippen molar-refractivity contribution in [2.24, 2.45) is 11.7 Å². The molecule has 43 heavy (non-hydrogen) atoms. The van der Waals surface area contributed by atoms with Crippen LogP contribution in [0.25, 0.3) is 33.3 Å². The normalized spacial score (nSPS) is 13.8. The van der Waals surface area contributed by atoms with Crippen molar-refractivity contribution in [3.05, 3.63) is 73.3 Å². The number of pyridine rings is 3. The molecule has 0 saturated heterocycles. The lowest BCUT2D eigenvalue weighted by atomic mass is 10.0. The third kappa shape index (κ3) is 7.30. The van der Waals surface area contributed by atoms with Crippen molar-refractivity contribution in [2.45, 2.75) is 39.5 Å². The van der Waals surface area contributed by atoms with Gasteiger partial charge < -0.3 is 20.3 Å². The molecule has 4 aromatic rings. The molecule has 1 amide bonds. The number of aromatic nitrogens is 4. The van der Waals surface area contributed by atoms with Gasteiger partial charge >= 0.3 is 5.97 Å². The van der Waals surface area contributed by atoms with E-state index in [4.69, 9.17) is 15.5 Å². The number of amides is 1. The van der Waals surface area contributed by atoms with Gasteiger partial charge in [-0.15, -0.1) is 0 Å². The van der Waals surface area contributed by atoms with E-state index in [1.54, 1.807) is 55.5 Å². The quantitative estimate of drug-likeness (QED) is 0.151. The van der Waals surface area contributed by atoms with E-state index < -0.39 is 24.2 Å². The van der Waals surface area contributed by atoms with Crippen LogP contribution >= 0.6 is 0 Å². The number of esters is 1. The number of likely N-dealkylation sites (N-methyl/N-ethyl adjacent to an activating group) is 2. The third-order valence-corrected chi connectivity index (χ3v) is 7.42. The van der Waals surface area contributed by atoms with E-state index in [0.29, 0.717) is 34.4 Å². The first kappa shape index (κ1) is 31.5. The van der Waals surface area contributed by atoms with E-state index >= 15 is 0 Å². The van der Waals surface area contributed by atoms with Crippen molar-refractivity contribution in [1.82, 2.24) is 24.4 Å². The molecule has 4 rings (SSSR count). The second kappa shape index (κ2) is 13.7. The smallest absolute Gasteiger partial charge is 0.325 e. The molecule has 3 unspecified atom stereocenters. The minimum atomic E-state index is -0.754. The zero-order valence-corrected chi connectivity index (χ0v) is 25.4. The van der Waals surface area contributed by atoms with Crippen molar-refractivity contribution in [3.8, 4) is 22.3 Å². The number of rotatable bonds is 11. The summed E-state index contributed by atoms with van der Waals surface area (Å²) < 4.78 is 21.6. The summed E-state index contributed by atoms with van der Waals surface area (Å²) in [6.45, 7) is 6.25. The summed E-state index contributed by atoms with van der Waals surface area (Å²) in [5, 5.41) is 0.707. The maximum atomic E-state index is 14.2. The Morgan fingerprint density at radius 1 is 1.07 bits per heavy atom. The van der Waals surface area contributed by atoms with Crippen LogP contribution in [0.2, 0.25) is 0 Å². The first-order valence-electron chi connectivity index (χ1n) is 14.1. The van der Waals surface area contributed by atoms with Crippen molar-refractivity contribution < 1.29 is 18.7 Å². The van der Waals surface area contributed by atoms with Crippen molar-refractivity contribution >= 4 is 28.6 Å². The molecule has 0 bridgehead atoms. The Kier molecular flexibility index (Phi) is 9.99. The Morgan fingerprint density at radius 2 is 1.81 bits per heavy atom. The summed E-state index contributed by atoms with van der Waals surface area (Å²) >= 11 is 0. The number of hydrogen-bond acceptors (Lipinski definition) is 8. The summed E-state index contributed by atoms with van der Waals surface area (Å²) in [6.07, 6.45) is 11.5. The van der Waals surface area contributed by atoms with Gasteiger partial charge in [-0.05, 0) is 50.7 Å². The predicted molar refractivity (Wildman–Crippen MR) is 165 cm³/mol. The number of hydrogen-bond donors (Lipinski definition) is 1. The molecule has 11 heteroatoms. The highest BCUT2D eigenvalue weighted by atomic mass is 19.1. The Morgan fingerprint density at radius 3 is 2.51 bits per heavy atom. The largest absolute Gasteiger partial charge is 0.440 e. The molecule has 0 spiro atoms. The highest BCUT2D eigenvalue weighted by Gasteiger charge is 2.25. The van der Waals surface area contributed by atoms with E-state index in [1.807, 2.05) is 45.0 Å². The predicted octanol–water partition coefficient (Wildman–Crippen LogP) is 4.82. The molecule has 0 saturated carbocycles. The molecule has 4 heterocycles. The number of nitrogens with two attached hydrogens (primary N) is 1. The van der Waals surface area contributed by atoms with Gasteiger partial charge in [-0.1, -0.05) is 26.3 Å². The Bertz CT molecular complexity index is 1630. The summed E-state index contributed by atoms with van der Waals surface area (Å²) in [4.78, 5) is 41.7. The zero-order chi connectivity index (χ0) is 31.3. The van der Waals surface area contributed by atoms with Crippen LogP contribution in [0.5, 0.6) is 0 Å². The lowest BCUT2D eigenvalue weighted by Crippen LogP contribution is -2.38. The van der Waals surface area contributed by atoms with Gasteiger partial charge in [0, 0.05) is 72.6 Å². The Hall–Kier alpha value is -4.48. The number of anilines is 1. The zero-order valence-electron chi connectivity index (χ0n) is 25.4. The number of ether oxygens (including phenoxy) is 1. The molecular weight excluding hydrogens is 549 g/mol. The van der Waals surface area contributed by atoms with Crippen LogP contribution in [-0.4, -0.2) is 70.0 Å². The van der Waals surface area contributed by atoms with Gasteiger partial charge in [0.05, 0.1) is 11.9 Å². The number of nitrogens with zero attached hydrogens (tertiary/aromatic N) is 6. The highest BCUT2D eigenvalue weighted by molar-refractivity contribution is 6.01. The number of fused-ring (bicyclic) bond motifs is 1. The molecule has 10 nitrogen and oxygen atoms in total. The first-order chi connectivity index (χ1) is 20.5. The maximum absolute atomic E-state index is 14.2. The molecule has 226 valence electrons. The molecule has 0 aliphatic carbocycles. The summed E-state index contributed by atoms with van der Waals surface area (Å²) in [5.41, 5.74) is 10.0. The lowest BCUT2D eigenvalue weighted by molar-refractivity contribution is -0.155. The van der Waals surface area contributed by atoms with Crippen LogP contribution in [0.15, 0.2) is 67.4 Å². The highest BCUT2D eigenvalue weighted by Crippen LogP contribution is 2.35. The second-order valence-corrected chi connectivity index (χ2v) is 10.9. The average molecular weight is 588 g/mol. The number of halogens is 1. The van der Waals surface area contributed by atoms with Crippen molar-refractivity contribution in [1.29, 1.82) is 0 Å². The summed E-state index contributed by atoms with van der Waals surface area (Å²) in [5.74, 6) is -1.34. The number of carbonyl (C=O) groups excluding carboxylic acids is 2. The Labute approximate surface area is 251 Å². The van der Waals surface area contributed by atoms with Crippen LogP contribution in [-0.2, 0) is 14.3 Å². The standard InChI is InChI=1S/C32H38FN7O3/c1-7-20(2)30(34)32(42)43-21(3)40-19-27(22-10-11-36-28(33)15-22)26-14-24(17-37-31(26)40)23-13-25(18-35-16-23)39(6)29(41)9-8-12-38(4)5/h8-11,13-21,30H,7,12,34H2,1-6H3/b9-8+. The lowest BCUT2D eigenvalue weighted by Gasteiger charge is -2.21. The van der Waals surface area contributed by atoms with E-state index in [-0.39, 0.29) is 11.8 Å². The molecule has 0 aromatic carbocycles. The molecule has 0 aliphatic heterocycles. The average Bonchev–Trinajstić information content (AvgIpc) is 3.38. The molecule has 3 atom stereocenters. The fraction of sp³-hybridized carbons (Fsp3) is 0.344. The molecule has 2 N–H and O–H groups in total. The van der Waals surface area contributed by atoms with Crippen LogP contribution in [0, 0.1) is 11.9 Å². The first-order valence-corrected chi connectivity index (χ1v) is 14.1. The third-order valence-electron chi connectivity index (χ3n) is 7.42. The van der Waals surface area contributed by atoms with E-state index in [2.05, 4.69) is 9.97 Å². The topological polar surface area (TPSA) is 119 Å². The monoisotopic (exact) mass is 587 g/mol. The van der Waals surface area contributed by atoms with E-state index in [1.165, 1.54) is 23.2 Å². The van der Waals surface area contributed by atoms with Gasteiger partial charge in [-0.2, -0.15) is 4.39 Å². The van der Waals surface area contributed by atoms with Gasteiger partial charge in [0.25, 0.3) is 0 Å². The molecular formula is C32H38FN7O3. The number of carbonyl (C=O) groups is 2. The van der Waals surface area contributed by atoms with Gasteiger partial charge in [-0.25, -0.2) is 9.97 Å². The minimum Gasteiger partial charge on any atom is -0.440 e. The van der Waals surface area contributed by atoms with Gasteiger partial charge in [0.2, 0.25) is 11.9 Å². The van der Waals surface area contributed by atoms with Crippen LogP contribution in [0.4, 0.5) is 10.1 Å². The molecule has 0 fully saturated rings. The van der Waals surface area contributed by atoms with Gasteiger partial charge in [-0.3, -0.25) is 19.1 Å². The van der Waals surface area contributed by atoms with Gasteiger partial charge in [0.15, 0.2) is 6.23 Å². The fourth-order valence-electron chi connectivity index (χ4n) is 4.53. The van der Waals surface area contributed by atoms with Crippen molar-refractivity contribution in [2.75, 3.05) is 32.6 Å². The molecule has 0 radical (unpaired) electrons. The summed E-state index contributed by atoms with van der Waals surface area (Å²) in [6, 6.07) is 6.07. The molecule has 4 aromatic heterocycles. The maximum Gasteiger partial charge on any atom is 0.325 e. The Balaban J connectivity index is 1.73. The second-order valence-electron chi connectivity index (χ2n) is 10.9. The minimum absolute atomic E-state index is 0.0371. The van der Waals surface area contributed by atoms with E-state index in [9.17, 15) is 14.0 Å². The van der Waals surface area contributed by atoms with Crippen LogP contribution in [0.1, 0.15) is 33.4 Å². The fourth-order valence-corrected chi connectivity index (χ4v) is 4.53. The van der Waals surface area contributed by atoms with E-state index in [0.717, 1.165) is 17.5 Å².